The number of benzene rings is 1. The minimum atomic E-state index is -1.42. The Bertz CT molecular complexity index is 377. The molecule has 1 heterocycles. The molecule has 0 amide bonds. The van der Waals surface area contributed by atoms with Gasteiger partial charge in [0.2, 0.25) is 0 Å². The maximum Gasteiger partial charge on any atom is 0.488 e. The number of nitrogens with zero attached hydrogens (tertiary/aromatic N) is 1. The summed E-state index contributed by atoms with van der Waals surface area (Å²) in [5.41, 5.74) is 1.44. The van der Waals surface area contributed by atoms with Crippen LogP contribution in [0.5, 0.6) is 0 Å². The van der Waals surface area contributed by atoms with E-state index < -0.39 is 7.12 Å². The Hall–Kier alpha value is -0.525. The Balaban J connectivity index is 2.07. The number of rotatable bonds is 3. The van der Waals surface area contributed by atoms with Crippen LogP contribution in [0.25, 0.3) is 0 Å². The van der Waals surface area contributed by atoms with Gasteiger partial charge < -0.3 is 14.8 Å². The van der Waals surface area contributed by atoms with Crippen LogP contribution in [-0.2, 0) is 11.3 Å². The molecule has 17 heavy (non-hydrogen) atoms. The van der Waals surface area contributed by atoms with Crippen molar-refractivity contribution in [2.24, 2.45) is 0 Å². The molecular weight excluding hydrogens is 237 g/mol. The van der Waals surface area contributed by atoms with Gasteiger partial charge in [-0.3, -0.25) is 4.90 Å². The summed E-state index contributed by atoms with van der Waals surface area (Å²) in [6, 6.07) is 7.36. The van der Waals surface area contributed by atoms with E-state index in [4.69, 9.17) is 4.74 Å². The van der Waals surface area contributed by atoms with Gasteiger partial charge in [-0.25, -0.2) is 0 Å². The van der Waals surface area contributed by atoms with E-state index in [0.717, 1.165) is 18.7 Å². The minimum Gasteiger partial charge on any atom is -0.423 e. The molecular formula is C11H16BNO3S. The van der Waals surface area contributed by atoms with Crippen LogP contribution in [-0.4, -0.2) is 47.2 Å². The molecule has 1 fully saturated rings. The van der Waals surface area contributed by atoms with Gasteiger partial charge in [-0.2, -0.15) is 0 Å². The monoisotopic (exact) mass is 253 g/mol. The van der Waals surface area contributed by atoms with Gasteiger partial charge in [0.25, 0.3) is 0 Å². The lowest BCUT2D eigenvalue weighted by atomic mass is 9.77. The van der Waals surface area contributed by atoms with E-state index in [9.17, 15) is 10.0 Å². The molecule has 0 spiro atoms. The highest BCUT2D eigenvalue weighted by molar-refractivity contribution is 7.80. The summed E-state index contributed by atoms with van der Waals surface area (Å²) in [5, 5.41) is 18.6. The van der Waals surface area contributed by atoms with Gasteiger partial charge in [0.15, 0.2) is 0 Å². The molecule has 1 unspecified atom stereocenters. The zero-order valence-corrected chi connectivity index (χ0v) is 10.4. The van der Waals surface area contributed by atoms with E-state index in [1.807, 2.05) is 12.1 Å². The van der Waals surface area contributed by atoms with Gasteiger partial charge in [-0.15, -0.1) is 12.6 Å². The van der Waals surface area contributed by atoms with Crippen LogP contribution >= 0.6 is 12.6 Å². The molecule has 1 aromatic rings. The second-order valence-corrected chi connectivity index (χ2v) is 4.71. The molecule has 0 aromatic heterocycles. The molecule has 1 aliphatic rings. The van der Waals surface area contributed by atoms with E-state index in [2.05, 4.69) is 17.5 Å². The Morgan fingerprint density at radius 1 is 1.41 bits per heavy atom. The molecule has 0 saturated carbocycles. The summed E-state index contributed by atoms with van der Waals surface area (Å²) in [6.07, 6.45) is 0. The van der Waals surface area contributed by atoms with Crippen LogP contribution in [0.4, 0.5) is 0 Å². The van der Waals surface area contributed by atoms with Gasteiger partial charge in [0, 0.05) is 19.6 Å². The summed E-state index contributed by atoms with van der Waals surface area (Å²) in [4.78, 5) is 2.20. The zero-order chi connectivity index (χ0) is 12.3. The molecule has 1 aliphatic heterocycles. The van der Waals surface area contributed by atoms with Crippen LogP contribution < -0.4 is 5.46 Å². The third-order valence-corrected chi connectivity index (χ3v) is 3.17. The third kappa shape index (κ3) is 3.47. The van der Waals surface area contributed by atoms with Crippen LogP contribution in [0.15, 0.2) is 24.3 Å². The lowest BCUT2D eigenvalue weighted by Gasteiger charge is -2.31. The topological polar surface area (TPSA) is 52.9 Å². The van der Waals surface area contributed by atoms with Crippen molar-refractivity contribution in [2.45, 2.75) is 12.0 Å². The van der Waals surface area contributed by atoms with Crippen molar-refractivity contribution in [2.75, 3.05) is 19.7 Å². The number of morpholine rings is 1. The van der Waals surface area contributed by atoms with Crippen LogP contribution in [0, 0.1) is 0 Å². The van der Waals surface area contributed by atoms with Crippen molar-refractivity contribution >= 4 is 25.2 Å². The summed E-state index contributed by atoms with van der Waals surface area (Å²) in [7, 11) is -1.42. The standard InChI is InChI=1S/C11H16BNO3S/c14-12(15)10-4-2-1-3-9(10)7-13-5-6-16-11(17)8-13/h1-4,11,14-15,17H,5-8H2. The molecule has 4 nitrogen and oxygen atoms in total. The second-order valence-electron chi connectivity index (χ2n) is 4.13. The molecule has 2 rings (SSSR count). The first kappa shape index (κ1) is 12.9. The van der Waals surface area contributed by atoms with Crippen molar-refractivity contribution in [1.82, 2.24) is 4.90 Å². The normalized spacial score (nSPS) is 21.5. The summed E-state index contributed by atoms with van der Waals surface area (Å²) in [6.45, 7) is 2.94. The largest absolute Gasteiger partial charge is 0.488 e. The highest BCUT2D eigenvalue weighted by Gasteiger charge is 2.20. The molecule has 0 bridgehead atoms. The predicted octanol–water partition coefficient (Wildman–Crippen LogP) is -0.546. The van der Waals surface area contributed by atoms with Gasteiger partial charge in [-0.05, 0) is 11.0 Å². The Morgan fingerprint density at radius 3 is 2.88 bits per heavy atom. The molecule has 6 heteroatoms. The zero-order valence-electron chi connectivity index (χ0n) is 9.49. The van der Waals surface area contributed by atoms with Crippen molar-refractivity contribution in [1.29, 1.82) is 0 Å². The smallest absolute Gasteiger partial charge is 0.423 e. The fraction of sp³-hybridized carbons (Fsp3) is 0.455. The van der Waals surface area contributed by atoms with Crippen LogP contribution in [0.3, 0.4) is 0 Å². The van der Waals surface area contributed by atoms with Gasteiger partial charge in [0.05, 0.1) is 6.61 Å². The molecule has 1 aromatic carbocycles. The minimum absolute atomic E-state index is 0.0602. The molecule has 0 radical (unpaired) electrons. The van der Waals surface area contributed by atoms with E-state index >= 15 is 0 Å². The predicted molar refractivity (Wildman–Crippen MR) is 70.3 cm³/mol. The third-order valence-electron chi connectivity index (χ3n) is 2.86. The fourth-order valence-corrected chi connectivity index (χ4v) is 2.33. The van der Waals surface area contributed by atoms with Crippen LogP contribution in [0.2, 0.25) is 0 Å². The highest BCUT2D eigenvalue weighted by atomic mass is 32.1. The fourth-order valence-electron chi connectivity index (χ4n) is 2.00. The molecule has 2 N–H and O–H groups in total. The molecule has 1 saturated heterocycles. The van der Waals surface area contributed by atoms with Crippen molar-refractivity contribution in [3.63, 3.8) is 0 Å². The quantitative estimate of drug-likeness (QED) is 0.500. The number of ether oxygens (including phenoxy) is 1. The first-order valence-corrected chi connectivity index (χ1v) is 6.14. The van der Waals surface area contributed by atoms with E-state index in [0.29, 0.717) is 18.6 Å². The van der Waals surface area contributed by atoms with E-state index in [-0.39, 0.29) is 5.44 Å². The van der Waals surface area contributed by atoms with Gasteiger partial charge >= 0.3 is 7.12 Å². The summed E-state index contributed by atoms with van der Waals surface area (Å²) >= 11 is 4.29. The van der Waals surface area contributed by atoms with E-state index in [1.165, 1.54) is 0 Å². The Morgan fingerprint density at radius 2 is 2.18 bits per heavy atom. The van der Waals surface area contributed by atoms with Crippen molar-refractivity contribution < 1.29 is 14.8 Å². The van der Waals surface area contributed by atoms with Crippen LogP contribution in [0.1, 0.15) is 5.56 Å². The number of hydrogen-bond acceptors (Lipinski definition) is 5. The van der Waals surface area contributed by atoms with Gasteiger partial charge in [-0.1, -0.05) is 24.3 Å². The average molecular weight is 253 g/mol. The first-order chi connectivity index (χ1) is 8.16. The first-order valence-electron chi connectivity index (χ1n) is 5.63. The van der Waals surface area contributed by atoms with Crippen molar-refractivity contribution in [3.05, 3.63) is 29.8 Å². The maximum absolute atomic E-state index is 9.28. The maximum atomic E-state index is 9.28. The number of hydrogen-bond donors (Lipinski definition) is 3. The lowest BCUT2D eigenvalue weighted by Crippen LogP contribution is -2.42. The summed E-state index contributed by atoms with van der Waals surface area (Å²) < 4.78 is 5.35. The number of thiol groups is 1. The van der Waals surface area contributed by atoms with Gasteiger partial charge in [0.1, 0.15) is 5.44 Å². The molecule has 0 aliphatic carbocycles. The summed E-state index contributed by atoms with van der Waals surface area (Å²) in [5.74, 6) is 0. The molecule has 92 valence electrons. The lowest BCUT2D eigenvalue weighted by molar-refractivity contribution is 0.0158. The SMILES string of the molecule is OB(O)c1ccccc1CN1CCOC(S)C1. The Kier molecular flexibility index (Phi) is 4.47. The Labute approximate surface area is 107 Å². The average Bonchev–Trinajstić information content (AvgIpc) is 2.29. The second kappa shape index (κ2) is 5.88. The molecule has 1 atom stereocenters. The van der Waals surface area contributed by atoms with E-state index in [1.54, 1.807) is 12.1 Å². The highest BCUT2D eigenvalue weighted by Crippen LogP contribution is 2.11. The van der Waals surface area contributed by atoms with Crippen molar-refractivity contribution in [3.8, 4) is 0 Å².